The maximum atomic E-state index is 4.51. The van der Waals surface area contributed by atoms with E-state index in [0.29, 0.717) is 5.92 Å². The molecule has 1 heterocycles. The van der Waals surface area contributed by atoms with E-state index < -0.39 is 0 Å². The number of anilines is 1. The minimum absolute atomic E-state index is 0.695. The van der Waals surface area contributed by atoms with Crippen molar-refractivity contribution in [2.24, 2.45) is 0 Å². The van der Waals surface area contributed by atoms with Crippen LogP contribution in [0.25, 0.3) is 0 Å². The van der Waals surface area contributed by atoms with Gasteiger partial charge in [-0.15, -0.1) is 0 Å². The predicted molar refractivity (Wildman–Crippen MR) is 57.4 cm³/mol. The van der Waals surface area contributed by atoms with Crippen molar-refractivity contribution in [2.45, 2.75) is 38.5 Å². The minimum atomic E-state index is 0.695. The Morgan fingerprint density at radius 2 is 2.36 bits per heavy atom. The summed E-state index contributed by atoms with van der Waals surface area (Å²) in [5.41, 5.74) is 1.21. The lowest BCUT2D eigenvalue weighted by Gasteiger charge is -2.24. The number of aromatic nitrogens is 2. The van der Waals surface area contributed by atoms with E-state index in [1.807, 2.05) is 12.3 Å². The third kappa shape index (κ3) is 2.03. The molecular formula is C11H17N3. The van der Waals surface area contributed by atoms with E-state index in [0.717, 1.165) is 18.9 Å². The normalized spacial score (nSPS) is 16.4. The molecule has 1 N–H and O–H groups in total. The molecule has 3 heteroatoms. The van der Waals surface area contributed by atoms with Gasteiger partial charge in [-0.05, 0) is 25.3 Å². The first-order valence-corrected chi connectivity index (χ1v) is 5.47. The molecule has 1 saturated carbocycles. The zero-order valence-electron chi connectivity index (χ0n) is 8.66. The summed E-state index contributed by atoms with van der Waals surface area (Å²) >= 11 is 0. The monoisotopic (exact) mass is 191 g/mol. The quantitative estimate of drug-likeness (QED) is 0.794. The van der Waals surface area contributed by atoms with Crippen LogP contribution in [0.2, 0.25) is 0 Å². The van der Waals surface area contributed by atoms with E-state index in [9.17, 15) is 0 Å². The molecule has 0 atom stereocenters. The fraction of sp³-hybridized carbons (Fsp3) is 0.636. The number of rotatable bonds is 4. The van der Waals surface area contributed by atoms with Crippen molar-refractivity contribution in [2.75, 3.05) is 11.9 Å². The molecule has 0 amide bonds. The lowest BCUT2D eigenvalue weighted by molar-refractivity contribution is 0.411. The summed E-state index contributed by atoms with van der Waals surface area (Å²) in [6, 6.07) is 2.04. The fourth-order valence-corrected chi connectivity index (χ4v) is 1.63. The van der Waals surface area contributed by atoms with Crippen LogP contribution in [0.5, 0.6) is 0 Å². The lowest BCUT2D eigenvalue weighted by Crippen LogP contribution is -2.12. The molecule has 1 aromatic rings. The van der Waals surface area contributed by atoms with Crippen molar-refractivity contribution in [3.8, 4) is 0 Å². The molecule has 3 nitrogen and oxygen atoms in total. The fourth-order valence-electron chi connectivity index (χ4n) is 1.63. The first kappa shape index (κ1) is 9.44. The molecule has 1 fully saturated rings. The highest BCUT2D eigenvalue weighted by atomic mass is 15.1. The lowest BCUT2D eigenvalue weighted by atomic mass is 9.83. The van der Waals surface area contributed by atoms with Gasteiger partial charge in [-0.2, -0.15) is 0 Å². The zero-order valence-corrected chi connectivity index (χ0v) is 8.66. The van der Waals surface area contributed by atoms with Gasteiger partial charge in [0.05, 0.1) is 0 Å². The Hall–Kier alpha value is -1.12. The average Bonchev–Trinajstić information content (AvgIpc) is 2.13. The molecule has 14 heavy (non-hydrogen) atoms. The molecule has 0 radical (unpaired) electrons. The van der Waals surface area contributed by atoms with Gasteiger partial charge in [0, 0.05) is 24.4 Å². The van der Waals surface area contributed by atoms with Crippen LogP contribution in [0.1, 0.15) is 44.2 Å². The van der Waals surface area contributed by atoms with Gasteiger partial charge in [-0.3, -0.25) is 0 Å². The van der Waals surface area contributed by atoms with E-state index in [2.05, 4.69) is 22.2 Å². The SMILES string of the molecule is CCCNc1nccc(C2CCC2)n1. The Morgan fingerprint density at radius 3 is 3.00 bits per heavy atom. The molecule has 1 aromatic heterocycles. The molecule has 0 bridgehead atoms. The molecule has 1 aliphatic rings. The Morgan fingerprint density at radius 1 is 1.50 bits per heavy atom. The molecule has 1 aliphatic carbocycles. The topological polar surface area (TPSA) is 37.8 Å². The minimum Gasteiger partial charge on any atom is -0.354 e. The Bertz CT molecular complexity index is 294. The van der Waals surface area contributed by atoms with Gasteiger partial charge in [0.25, 0.3) is 0 Å². The summed E-state index contributed by atoms with van der Waals surface area (Å²) in [5, 5.41) is 3.22. The highest BCUT2D eigenvalue weighted by Crippen LogP contribution is 2.35. The average molecular weight is 191 g/mol. The molecule has 0 spiro atoms. The van der Waals surface area contributed by atoms with Crippen LogP contribution in [-0.4, -0.2) is 16.5 Å². The maximum Gasteiger partial charge on any atom is 0.222 e. The smallest absolute Gasteiger partial charge is 0.222 e. The number of nitrogens with one attached hydrogen (secondary N) is 1. The van der Waals surface area contributed by atoms with Gasteiger partial charge in [0.15, 0.2) is 0 Å². The largest absolute Gasteiger partial charge is 0.354 e. The first-order valence-electron chi connectivity index (χ1n) is 5.47. The van der Waals surface area contributed by atoms with Crippen molar-refractivity contribution in [3.05, 3.63) is 18.0 Å². The second kappa shape index (κ2) is 4.40. The van der Waals surface area contributed by atoms with Gasteiger partial charge in [-0.25, -0.2) is 9.97 Å². The predicted octanol–water partition coefficient (Wildman–Crippen LogP) is 2.57. The molecule has 0 unspecified atom stereocenters. The summed E-state index contributed by atoms with van der Waals surface area (Å²) in [6.07, 6.45) is 6.91. The zero-order chi connectivity index (χ0) is 9.80. The molecule has 0 aromatic carbocycles. The molecule has 76 valence electrons. The first-order chi connectivity index (χ1) is 6.90. The van der Waals surface area contributed by atoms with Crippen molar-refractivity contribution in [1.29, 1.82) is 0 Å². The maximum absolute atomic E-state index is 4.51. The van der Waals surface area contributed by atoms with Gasteiger partial charge >= 0.3 is 0 Å². The Balaban J connectivity index is 2.02. The van der Waals surface area contributed by atoms with Crippen LogP contribution < -0.4 is 5.32 Å². The highest BCUT2D eigenvalue weighted by molar-refractivity contribution is 5.26. The standard InChI is InChI=1S/C11H17N3/c1-2-7-12-11-13-8-6-10(14-11)9-4-3-5-9/h6,8-9H,2-5,7H2,1H3,(H,12,13,14). The van der Waals surface area contributed by atoms with Crippen LogP contribution in [0.15, 0.2) is 12.3 Å². The Kier molecular flexibility index (Phi) is 2.96. The van der Waals surface area contributed by atoms with E-state index >= 15 is 0 Å². The molecule has 2 rings (SSSR count). The summed E-state index contributed by atoms with van der Waals surface area (Å²) in [4.78, 5) is 8.71. The second-order valence-electron chi connectivity index (χ2n) is 3.86. The van der Waals surface area contributed by atoms with Gasteiger partial charge in [0.2, 0.25) is 5.95 Å². The van der Waals surface area contributed by atoms with Crippen LogP contribution in [0.4, 0.5) is 5.95 Å². The van der Waals surface area contributed by atoms with Crippen molar-refractivity contribution >= 4 is 5.95 Å². The summed E-state index contributed by atoms with van der Waals surface area (Å²) in [5.74, 6) is 1.48. The second-order valence-corrected chi connectivity index (χ2v) is 3.86. The molecule has 0 aliphatic heterocycles. The number of hydrogen-bond acceptors (Lipinski definition) is 3. The van der Waals surface area contributed by atoms with Gasteiger partial charge in [0.1, 0.15) is 0 Å². The van der Waals surface area contributed by atoms with E-state index in [4.69, 9.17) is 0 Å². The summed E-state index contributed by atoms with van der Waals surface area (Å²) < 4.78 is 0. The van der Waals surface area contributed by atoms with E-state index in [-0.39, 0.29) is 0 Å². The third-order valence-electron chi connectivity index (χ3n) is 2.73. The van der Waals surface area contributed by atoms with E-state index in [1.54, 1.807) is 0 Å². The summed E-state index contributed by atoms with van der Waals surface area (Å²) in [7, 11) is 0. The van der Waals surface area contributed by atoms with Crippen LogP contribution >= 0.6 is 0 Å². The van der Waals surface area contributed by atoms with Gasteiger partial charge in [-0.1, -0.05) is 13.3 Å². The van der Waals surface area contributed by atoms with Crippen LogP contribution in [-0.2, 0) is 0 Å². The van der Waals surface area contributed by atoms with Crippen molar-refractivity contribution in [3.63, 3.8) is 0 Å². The van der Waals surface area contributed by atoms with Crippen molar-refractivity contribution in [1.82, 2.24) is 9.97 Å². The molecular weight excluding hydrogens is 174 g/mol. The van der Waals surface area contributed by atoms with Crippen molar-refractivity contribution < 1.29 is 0 Å². The molecule has 0 saturated heterocycles. The summed E-state index contributed by atoms with van der Waals surface area (Å²) in [6.45, 7) is 3.09. The third-order valence-corrected chi connectivity index (χ3v) is 2.73. The number of hydrogen-bond donors (Lipinski definition) is 1. The highest BCUT2D eigenvalue weighted by Gasteiger charge is 2.20. The van der Waals surface area contributed by atoms with Crippen LogP contribution in [0.3, 0.4) is 0 Å². The number of nitrogens with zero attached hydrogens (tertiary/aromatic N) is 2. The van der Waals surface area contributed by atoms with E-state index in [1.165, 1.54) is 25.0 Å². The Labute approximate surface area is 85.0 Å². The van der Waals surface area contributed by atoms with Crippen LogP contribution in [0, 0.1) is 0 Å². The van der Waals surface area contributed by atoms with Gasteiger partial charge < -0.3 is 5.32 Å².